The van der Waals surface area contributed by atoms with Crippen molar-refractivity contribution in [3.05, 3.63) is 80.8 Å². The normalized spacial score (nSPS) is 15.5. The van der Waals surface area contributed by atoms with E-state index in [-0.39, 0.29) is 10.7 Å². The molecule has 0 fully saturated rings. The molecule has 0 saturated heterocycles. The number of halogens is 1. The Labute approximate surface area is 153 Å². The van der Waals surface area contributed by atoms with Crippen molar-refractivity contribution >= 4 is 44.6 Å². The lowest BCUT2D eigenvalue weighted by molar-refractivity contribution is 0.667. The summed E-state index contributed by atoms with van der Waals surface area (Å²) in [6, 6.07) is 8.40. The molecule has 1 aromatic carbocycles. The molecule has 3 atom stereocenters. The Kier molecular flexibility index (Phi) is 5.48. The van der Waals surface area contributed by atoms with Gasteiger partial charge in [0.1, 0.15) is 10.8 Å². The highest BCUT2D eigenvalue weighted by Gasteiger charge is 2.28. The van der Waals surface area contributed by atoms with E-state index in [2.05, 4.69) is 58.9 Å². The van der Waals surface area contributed by atoms with Crippen LogP contribution >= 0.6 is 39.1 Å². The summed E-state index contributed by atoms with van der Waals surface area (Å²) in [5.74, 6) is -0.214. The van der Waals surface area contributed by atoms with Crippen LogP contribution in [0, 0.1) is 6.92 Å². The first-order valence-corrected chi connectivity index (χ1v) is 10.1. The predicted molar refractivity (Wildman–Crippen MR) is 113 cm³/mol. The smallest absolute Gasteiger partial charge is 0.128 e. The van der Waals surface area contributed by atoms with Crippen molar-refractivity contribution in [2.24, 2.45) is 0 Å². The number of hydrogen-bond donors (Lipinski definition) is 0. The Morgan fingerprint density at radius 3 is 2.62 bits per heavy atom. The number of nitrogens with zero attached hydrogens (tertiary/aromatic N) is 1. The molecule has 24 heavy (non-hydrogen) atoms. The van der Waals surface area contributed by atoms with E-state index in [0.29, 0.717) is 17.7 Å². The molecule has 1 aromatic heterocycles. The fourth-order valence-electron chi connectivity index (χ4n) is 2.47. The second-order valence-electron chi connectivity index (χ2n) is 5.88. The molecule has 0 radical (unpaired) electrons. The van der Waals surface area contributed by atoms with E-state index in [1.54, 1.807) is 17.4 Å². The Hall–Kier alpha value is -0.710. The van der Waals surface area contributed by atoms with Crippen molar-refractivity contribution < 1.29 is 4.39 Å². The molecule has 1 heterocycles. The monoisotopic (exact) mass is 393 g/mol. The van der Waals surface area contributed by atoms with E-state index in [9.17, 15) is 4.39 Å². The third kappa shape index (κ3) is 3.76. The minimum Gasteiger partial charge on any atom is -0.240 e. The van der Waals surface area contributed by atoms with Crippen molar-refractivity contribution in [1.29, 1.82) is 0 Å². The van der Waals surface area contributed by atoms with Gasteiger partial charge in [0.15, 0.2) is 0 Å². The molecule has 0 bridgehead atoms. The van der Waals surface area contributed by atoms with E-state index in [1.807, 2.05) is 11.5 Å². The molecule has 0 aliphatic heterocycles. The summed E-state index contributed by atoms with van der Waals surface area (Å²) in [7, 11) is 8.38. The number of aromatic nitrogens is 1. The zero-order valence-electron chi connectivity index (χ0n) is 13.3. The van der Waals surface area contributed by atoms with Crippen molar-refractivity contribution in [2.45, 2.75) is 18.2 Å². The standard InChI is InChI=1S/C18H19FNP3S/c1-11-5-7-12(8-6-11)18(22,23)17-20-16(10-24-17)14-9-13(21)3-2-4-15(14)19/h2-8,10H,9,21-23H2,1H3. The third-order valence-corrected chi connectivity index (χ3v) is 6.94. The molecule has 3 rings (SSSR count). The van der Waals surface area contributed by atoms with E-state index < -0.39 is 0 Å². The summed E-state index contributed by atoms with van der Waals surface area (Å²) in [5, 5.41) is 3.92. The molecule has 1 aliphatic rings. The molecule has 1 nitrogen and oxygen atoms in total. The van der Waals surface area contributed by atoms with Gasteiger partial charge in [0, 0.05) is 17.4 Å². The van der Waals surface area contributed by atoms with Crippen LogP contribution in [0.4, 0.5) is 4.39 Å². The Balaban J connectivity index is 1.97. The first-order valence-electron chi connectivity index (χ1n) is 7.50. The number of aryl methyl sites for hydroxylation is 1. The topological polar surface area (TPSA) is 12.9 Å². The number of hydrogen-bond acceptors (Lipinski definition) is 2. The van der Waals surface area contributed by atoms with E-state index >= 15 is 0 Å². The Bertz CT molecular complexity index is 847. The van der Waals surface area contributed by atoms with Crippen molar-refractivity contribution in [3.63, 3.8) is 0 Å². The minimum atomic E-state index is -0.367. The Morgan fingerprint density at radius 1 is 1.21 bits per heavy atom. The fourth-order valence-corrected chi connectivity index (χ4v) is 4.59. The zero-order chi connectivity index (χ0) is 17.3. The zero-order valence-corrected chi connectivity index (χ0v) is 17.6. The van der Waals surface area contributed by atoms with Gasteiger partial charge >= 0.3 is 0 Å². The maximum Gasteiger partial charge on any atom is 0.128 e. The molecule has 0 spiro atoms. The Morgan fingerprint density at radius 2 is 1.92 bits per heavy atom. The maximum atomic E-state index is 14.3. The van der Waals surface area contributed by atoms with Crippen LogP contribution in [-0.4, -0.2) is 4.98 Å². The van der Waals surface area contributed by atoms with Gasteiger partial charge in [0.05, 0.1) is 10.6 Å². The van der Waals surface area contributed by atoms with Crippen LogP contribution < -0.4 is 0 Å². The number of benzene rings is 1. The lowest BCUT2D eigenvalue weighted by Crippen LogP contribution is -2.10. The lowest BCUT2D eigenvalue weighted by atomic mass is 10.1. The van der Waals surface area contributed by atoms with Crippen LogP contribution in [0.5, 0.6) is 0 Å². The van der Waals surface area contributed by atoms with E-state index in [4.69, 9.17) is 4.98 Å². The SMILES string of the molecule is Cc1ccc(C(P)(P)c2nc(C3=C(F)C=CC=C(P)C3)cs2)cc1. The van der Waals surface area contributed by atoms with Crippen molar-refractivity contribution in [1.82, 2.24) is 4.98 Å². The van der Waals surface area contributed by atoms with E-state index in [0.717, 1.165) is 15.9 Å². The molecular weight excluding hydrogens is 374 g/mol. The molecule has 0 amide bonds. The molecular formula is C18H19FNP3S. The average Bonchev–Trinajstić information content (AvgIpc) is 2.97. The van der Waals surface area contributed by atoms with Gasteiger partial charge in [-0.05, 0) is 23.9 Å². The van der Waals surface area contributed by atoms with Crippen LogP contribution in [-0.2, 0) is 4.90 Å². The van der Waals surface area contributed by atoms with Gasteiger partial charge in [-0.15, -0.1) is 39.1 Å². The molecule has 3 unspecified atom stereocenters. The van der Waals surface area contributed by atoms with Crippen molar-refractivity contribution in [3.8, 4) is 0 Å². The minimum absolute atomic E-state index is 0.214. The highest BCUT2D eigenvalue weighted by molar-refractivity contribution is 7.41. The number of allylic oxidation sites excluding steroid dienone is 6. The van der Waals surface area contributed by atoms with Crippen LogP contribution in [0.3, 0.4) is 0 Å². The van der Waals surface area contributed by atoms with Gasteiger partial charge < -0.3 is 0 Å². The lowest BCUT2D eigenvalue weighted by Gasteiger charge is -2.22. The highest BCUT2D eigenvalue weighted by Crippen LogP contribution is 2.47. The molecule has 0 N–H and O–H groups in total. The van der Waals surface area contributed by atoms with Crippen LogP contribution in [0.2, 0.25) is 0 Å². The maximum absolute atomic E-state index is 14.3. The van der Waals surface area contributed by atoms with E-state index in [1.165, 1.54) is 11.6 Å². The summed E-state index contributed by atoms with van der Waals surface area (Å²) in [6.07, 6.45) is 5.70. The number of thiazole rings is 1. The number of rotatable bonds is 3. The first kappa shape index (κ1) is 18.1. The second-order valence-corrected chi connectivity index (χ2v) is 9.96. The van der Waals surface area contributed by atoms with Gasteiger partial charge in [0.25, 0.3) is 0 Å². The fraction of sp³-hybridized carbons (Fsp3) is 0.167. The summed E-state index contributed by atoms with van der Waals surface area (Å²) in [4.78, 5) is 4.37. The largest absolute Gasteiger partial charge is 0.240 e. The van der Waals surface area contributed by atoms with Gasteiger partial charge in [0.2, 0.25) is 0 Å². The summed E-state index contributed by atoms with van der Waals surface area (Å²) < 4.78 is 14.3. The molecule has 1 aliphatic carbocycles. The summed E-state index contributed by atoms with van der Waals surface area (Å²) in [6.45, 7) is 2.07. The quantitative estimate of drug-likeness (QED) is 0.601. The average molecular weight is 393 g/mol. The second kappa shape index (κ2) is 7.27. The summed E-state index contributed by atoms with van der Waals surface area (Å²) in [5.41, 5.74) is 3.73. The van der Waals surface area contributed by atoms with Gasteiger partial charge in [-0.25, -0.2) is 9.37 Å². The van der Waals surface area contributed by atoms with Gasteiger partial charge in [-0.3, -0.25) is 0 Å². The van der Waals surface area contributed by atoms with Gasteiger partial charge in [-0.1, -0.05) is 42.0 Å². The van der Waals surface area contributed by atoms with Crippen LogP contribution in [0.15, 0.2) is 59.0 Å². The molecule has 6 heteroatoms. The molecule has 124 valence electrons. The predicted octanol–water partition coefficient (Wildman–Crippen LogP) is 5.80. The highest BCUT2D eigenvalue weighted by atomic mass is 32.1. The molecule has 0 saturated carbocycles. The van der Waals surface area contributed by atoms with Crippen LogP contribution in [0.25, 0.3) is 5.57 Å². The van der Waals surface area contributed by atoms with Crippen molar-refractivity contribution in [2.75, 3.05) is 0 Å². The summed E-state index contributed by atoms with van der Waals surface area (Å²) >= 11 is 1.56. The first-order chi connectivity index (χ1) is 11.4. The van der Waals surface area contributed by atoms with Crippen LogP contribution in [0.1, 0.15) is 28.2 Å². The molecule has 2 aromatic rings. The van der Waals surface area contributed by atoms with Gasteiger partial charge in [-0.2, -0.15) is 0 Å². The third-order valence-electron chi connectivity index (χ3n) is 3.92.